The highest BCUT2D eigenvalue weighted by molar-refractivity contribution is 7.92. The van der Waals surface area contributed by atoms with Crippen LogP contribution in [0.1, 0.15) is 43.5 Å². The van der Waals surface area contributed by atoms with Gasteiger partial charge in [0.25, 0.3) is 10.0 Å². The summed E-state index contributed by atoms with van der Waals surface area (Å²) in [6.07, 6.45) is 1.68. The fourth-order valence-corrected chi connectivity index (χ4v) is 5.74. The molecule has 1 saturated carbocycles. The first-order chi connectivity index (χ1) is 18.0. The highest BCUT2D eigenvalue weighted by Gasteiger charge is 2.34. The van der Waals surface area contributed by atoms with Gasteiger partial charge in [-0.1, -0.05) is 61.5 Å². The van der Waals surface area contributed by atoms with E-state index in [2.05, 4.69) is 15.2 Å². The van der Waals surface area contributed by atoms with Gasteiger partial charge in [-0.15, -0.1) is 0 Å². The van der Waals surface area contributed by atoms with Gasteiger partial charge in [0.05, 0.1) is 16.6 Å². The molecule has 0 saturated heterocycles. The zero-order chi connectivity index (χ0) is 27.6. The minimum Gasteiger partial charge on any atom is -0.337 e. The maximum absolute atomic E-state index is 13.2. The van der Waals surface area contributed by atoms with E-state index < -0.39 is 16.1 Å². The molecule has 1 aliphatic carbocycles. The van der Waals surface area contributed by atoms with Crippen LogP contribution in [0.4, 0.5) is 5.88 Å². The number of carbonyl (C=O) groups is 2. The van der Waals surface area contributed by atoms with Crippen molar-refractivity contribution in [3.8, 4) is 11.1 Å². The van der Waals surface area contributed by atoms with Gasteiger partial charge < -0.3 is 4.52 Å². The number of hydrogen-bond acceptors (Lipinski definition) is 7. The lowest BCUT2D eigenvalue weighted by atomic mass is 10.00. The van der Waals surface area contributed by atoms with Crippen LogP contribution < -0.4 is 10.0 Å². The van der Waals surface area contributed by atoms with Gasteiger partial charge in [-0.05, 0) is 56.8 Å². The van der Waals surface area contributed by atoms with Crippen LogP contribution in [-0.4, -0.2) is 43.4 Å². The quantitative estimate of drug-likeness (QED) is 0.395. The number of benzene rings is 2. The monoisotopic (exact) mass is 538 g/mol. The summed E-state index contributed by atoms with van der Waals surface area (Å²) in [5, 5.41) is 6.39. The SMILES string of the molecule is Cc1noc(NS(=O)(=O)c2ccccc2-c2ccc(CN(C)[C@H](C(=O)NC(=O)C3CC3)C(C)C)cc2)c1C. The molecule has 0 radical (unpaired) electrons. The molecule has 0 bridgehead atoms. The smallest absolute Gasteiger partial charge is 0.264 e. The Hall–Kier alpha value is -3.50. The Bertz CT molecular complexity index is 1430. The number of aryl methyl sites for hydroxylation is 1. The van der Waals surface area contributed by atoms with E-state index in [0.717, 1.165) is 24.0 Å². The predicted molar refractivity (Wildman–Crippen MR) is 145 cm³/mol. The van der Waals surface area contributed by atoms with Crippen molar-refractivity contribution >= 4 is 27.7 Å². The molecule has 1 atom stereocenters. The average Bonchev–Trinajstić information content (AvgIpc) is 3.67. The third-order valence-electron chi connectivity index (χ3n) is 6.83. The van der Waals surface area contributed by atoms with Crippen molar-refractivity contribution in [3.05, 3.63) is 65.4 Å². The van der Waals surface area contributed by atoms with E-state index in [-0.39, 0.29) is 34.4 Å². The molecule has 4 rings (SSSR count). The number of imide groups is 1. The minimum absolute atomic E-state index is 0.00708. The van der Waals surface area contributed by atoms with Crippen LogP contribution in [-0.2, 0) is 26.2 Å². The van der Waals surface area contributed by atoms with E-state index in [1.54, 1.807) is 38.1 Å². The Morgan fingerprint density at radius 1 is 1.08 bits per heavy atom. The fraction of sp³-hybridized carbons (Fsp3) is 0.393. The summed E-state index contributed by atoms with van der Waals surface area (Å²) in [5.41, 5.74) is 3.48. The Morgan fingerprint density at radius 3 is 2.32 bits per heavy atom. The summed E-state index contributed by atoms with van der Waals surface area (Å²) in [7, 11) is -2.07. The highest BCUT2D eigenvalue weighted by Crippen LogP contribution is 2.31. The first-order valence-electron chi connectivity index (χ1n) is 12.7. The largest absolute Gasteiger partial charge is 0.337 e. The molecule has 202 valence electrons. The molecule has 0 spiro atoms. The summed E-state index contributed by atoms with van der Waals surface area (Å²) in [4.78, 5) is 27.0. The summed E-state index contributed by atoms with van der Waals surface area (Å²) in [5.74, 6) is -0.392. The summed E-state index contributed by atoms with van der Waals surface area (Å²) in [6, 6.07) is 13.9. The second-order valence-corrected chi connectivity index (χ2v) is 11.9. The van der Waals surface area contributed by atoms with Crippen molar-refractivity contribution in [2.45, 2.75) is 58.0 Å². The fourth-order valence-electron chi connectivity index (χ4n) is 4.46. The van der Waals surface area contributed by atoms with Gasteiger partial charge in [0, 0.05) is 23.6 Å². The van der Waals surface area contributed by atoms with Gasteiger partial charge in [0.2, 0.25) is 17.7 Å². The Kier molecular flexibility index (Phi) is 8.03. The third kappa shape index (κ3) is 6.14. The second kappa shape index (κ2) is 11.1. The number of rotatable bonds is 10. The molecule has 3 aromatic rings. The minimum atomic E-state index is -3.94. The number of anilines is 1. The topological polar surface area (TPSA) is 122 Å². The number of nitrogens with zero attached hydrogens (tertiary/aromatic N) is 2. The molecule has 2 N–H and O–H groups in total. The highest BCUT2D eigenvalue weighted by atomic mass is 32.2. The number of aromatic nitrogens is 1. The van der Waals surface area contributed by atoms with E-state index in [1.165, 1.54) is 0 Å². The van der Waals surface area contributed by atoms with E-state index in [1.807, 2.05) is 50.1 Å². The van der Waals surface area contributed by atoms with E-state index >= 15 is 0 Å². The molecule has 0 unspecified atom stereocenters. The summed E-state index contributed by atoms with van der Waals surface area (Å²) < 4.78 is 34.1. The first kappa shape index (κ1) is 27.5. The van der Waals surface area contributed by atoms with Gasteiger partial charge >= 0.3 is 0 Å². The van der Waals surface area contributed by atoms with Gasteiger partial charge in [0.1, 0.15) is 0 Å². The van der Waals surface area contributed by atoms with Gasteiger partial charge in [-0.25, -0.2) is 13.1 Å². The molecular formula is C28H34N4O5S. The molecule has 2 amide bonds. The molecule has 38 heavy (non-hydrogen) atoms. The van der Waals surface area contributed by atoms with Crippen LogP contribution >= 0.6 is 0 Å². The summed E-state index contributed by atoms with van der Waals surface area (Å²) in [6.45, 7) is 7.88. The maximum Gasteiger partial charge on any atom is 0.264 e. The van der Waals surface area contributed by atoms with Gasteiger partial charge in [-0.3, -0.25) is 19.8 Å². The first-order valence-corrected chi connectivity index (χ1v) is 14.1. The van der Waals surface area contributed by atoms with Crippen LogP contribution in [0.2, 0.25) is 0 Å². The van der Waals surface area contributed by atoms with E-state index in [0.29, 0.717) is 23.4 Å². The van der Waals surface area contributed by atoms with Crippen LogP contribution in [0.3, 0.4) is 0 Å². The summed E-state index contributed by atoms with van der Waals surface area (Å²) >= 11 is 0. The molecule has 1 aliphatic rings. The lowest BCUT2D eigenvalue weighted by molar-refractivity contribution is -0.135. The molecule has 0 aliphatic heterocycles. The number of hydrogen-bond donors (Lipinski definition) is 2. The van der Waals surface area contributed by atoms with Crippen molar-refractivity contribution in [2.75, 3.05) is 11.8 Å². The predicted octanol–water partition coefficient (Wildman–Crippen LogP) is 4.27. The van der Waals surface area contributed by atoms with Crippen LogP contribution in [0, 0.1) is 25.7 Å². The molecule has 1 aromatic heterocycles. The van der Waals surface area contributed by atoms with Crippen molar-refractivity contribution in [1.29, 1.82) is 0 Å². The normalized spacial score (nSPS) is 14.5. The zero-order valence-corrected chi connectivity index (χ0v) is 23.1. The molecule has 10 heteroatoms. The molecule has 1 fully saturated rings. The number of nitrogens with one attached hydrogen (secondary N) is 2. The van der Waals surface area contributed by atoms with Crippen molar-refractivity contribution in [1.82, 2.24) is 15.4 Å². The third-order valence-corrected chi connectivity index (χ3v) is 8.22. The number of sulfonamides is 1. The van der Waals surface area contributed by atoms with Crippen molar-refractivity contribution < 1.29 is 22.5 Å². The lowest BCUT2D eigenvalue weighted by Gasteiger charge is -2.30. The second-order valence-electron chi connectivity index (χ2n) is 10.3. The number of carbonyl (C=O) groups excluding carboxylic acids is 2. The molecule has 9 nitrogen and oxygen atoms in total. The molecular weight excluding hydrogens is 504 g/mol. The molecule has 2 aromatic carbocycles. The standard InChI is InChI=1S/C28H34N4O5S/c1-17(2)25(27(34)29-26(33)22-14-15-22)32(5)16-20-10-12-21(13-11-20)23-8-6-7-9-24(23)38(35,36)31-28-18(3)19(4)30-37-28/h6-13,17,22,25,31H,14-16H2,1-5H3,(H,29,33,34)/t25-/m0/s1. The Balaban J connectivity index is 1.51. The molecule has 1 heterocycles. The van der Waals surface area contributed by atoms with E-state index in [4.69, 9.17) is 4.52 Å². The van der Waals surface area contributed by atoms with Gasteiger partial charge in [0.15, 0.2) is 0 Å². The Morgan fingerprint density at radius 2 is 1.74 bits per heavy atom. The Labute approximate surface area is 223 Å². The van der Waals surface area contributed by atoms with Gasteiger partial charge in [-0.2, -0.15) is 0 Å². The zero-order valence-electron chi connectivity index (χ0n) is 22.3. The number of likely N-dealkylation sites (N-methyl/N-ethyl adjacent to an activating group) is 1. The van der Waals surface area contributed by atoms with Crippen LogP contribution in [0.5, 0.6) is 0 Å². The lowest BCUT2D eigenvalue weighted by Crippen LogP contribution is -2.49. The van der Waals surface area contributed by atoms with Crippen molar-refractivity contribution in [2.24, 2.45) is 11.8 Å². The average molecular weight is 539 g/mol. The van der Waals surface area contributed by atoms with Crippen LogP contribution in [0.25, 0.3) is 11.1 Å². The maximum atomic E-state index is 13.2. The van der Waals surface area contributed by atoms with Crippen molar-refractivity contribution in [3.63, 3.8) is 0 Å². The van der Waals surface area contributed by atoms with E-state index in [9.17, 15) is 18.0 Å². The number of amides is 2. The van der Waals surface area contributed by atoms with Crippen LogP contribution in [0.15, 0.2) is 57.9 Å².